The summed E-state index contributed by atoms with van der Waals surface area (Å²) in [4.78, 5) is 4.51. The van der Waals surface area contributed by atoms with Gasteiger partial charge < -0.3 is 10.3 Å². The van der Waals surface area contributed by atoms with Crippen molar-refractivity contribution in [3.05, 3.63) is 52.9 Å². The Kier molecular flexibility index (Phi) is 3.88. The third-order valence-corrected chi connectivity index (χ3v) is 5.00. The van der Waals surface area contributed by atoms with Crippen molar-refractivity contribution in [2.75, 3.05) is 0 Å². The van der Waals surface area contributed by atoms with E-state index in [-0.39, 0.29) is 0 Å². The summed E-state index contributed by atoms with van der Waals surface area (Å²) in [6.07, 6.45) is 4.51. The quantitative estimate of drug-likeness (QED) is 0.785. The fourth-order valence-corrected chi connectivity index (χ4v) is 3.36. The fraction of sp³-hybridized carbons (Fsp3) is 0.444. The molecular formula is C18H22N6O. The van der Waals surface area contributed by atoms with Crippen LogP contribution in [0.1, 0.15) is 54.3 Å². The molecule has 7 nitrogen and oxygen atoms in total. The second-order valence-corrected chi connectivity index (χ2v) is 6.92. The summed E-state index contributed by atoms with van der Waals surface area (Å²) >= 11 is 0. The van der Waals surface area contributed by atoms with Gasteiger partial charge in [0.2, 0.25) is 5.89 Å². The summed E-state index contributed by atoms with van der Waals surface area (Å²) in [6.45, 7) is 4.05. The van der Waals surface area contributed by atoms with E-state index in [9.17, 15) is 0 Å². The predicted molar refractivity (Wildman–Crippen MR) is 92.3 cm³/mol. The molecule has 4 rings (SSSR count). The van der Waals surface area contributed by atoms with Gasteiger partial charge in [-0.1, -0.05) is 40.9 Å². The number of rotatable bonds is 4. The molecule has 2 aromatic heterocycles. The molecule has 7 heteroatoms. The Bertz CT molecular complexity index is 873. The van der Waals surface area contributed by atoms with Gasteiger partial charge in [-0.15, -0.1) is 5.10 Å². The Morgan fingerprint density at radius 1 is 1.16 bits per heavy atom. The Hall–Kier alpha value is -2.54. The maximum absolute atomic E-state index is 6.39. The molecule has 1 fully saturated rings. The van der Waals surface area contributed by atoms with Crippen molar-refractivity contribution in [2.45, 2.75) is 51.5 Å². The summed E-state index contributed by atoms with van der Waals surface area (Å²) < 4.78 is 7.24. The number of aromatic nitrogens is 5. The Morgan fingerprint density at radius 2 is 1.88 bits per heavy atom. The van der Waals surface area contributed by atoms with Gasteiger partial charge in [-0.3, -0.25) is 0 Å². The topological polar surface area (TPSA) is 95.7 Å². The molecule has 130 valence electrons. The first-order valence-corrected chi connectivity index (χ1v) is 8.65. The van der Waals surface area contributed by atoms with Gasteiger partial charge in [0.05, 0.1) is 29.0 Å². The molecule has 0 amide bonds. The number of nitrogens with two attached hydrogens (primary N) is 1. The number of aryl methyl sites for hydroxylation is 1. The van der Waals surface area contributed by atoms with Crippen molar-refractivity contribution in [3.63, 3.8) is 0 Å². The first-order chi connectivity index (χ1) is 12.0. The maximum atomic E-state index is 6.39. The Labute approximate surface area is 146 Å². The number of hydrogen-bond acceptors (Lipinski definition) is 6. The lowest BCUT2D eigenvalue weighted by atomic mass is 9.99. The lowest BCUT2D eigenvalue weighted by Gasteiger charge is -2.17. The zero-order chi connectivity index (χ0) is 17.4. The highest BCUT2D eigenvalue weighted by Crippen LogP contribution is 2.34. The molecule has 2 heterocycles. The molecule has 0 spiro atoms. The smallest absolute Gasteiger partial charge is 0.232 e. The van der Waals surface area contributed by atoms with Gasteiger partial charge in [0.15, 0.2) is 5.82 Å². The van der Waals surface area contributed by atoms with E-state index in [4.69, 9.17) is 10.3 Å². The van der Waals surface area contributed by atoms with Crippen LogP contribution < -0.4 is 5.73 Å². The number of hydrogen-bond donors (Lipinski definition) is 1. The van der Waals surface area contributed by atoms with Crippen LogP contribution in [0.15, 0.2) is 28.8 Å². The van der Waals surface area contributed by atoms with Gasteiger partial charge in [-0.25, -0.2) is 4.68 Å². The van der Waals surface area contributed by atoms with E-state index in [1.807, 2.05) is 23.7 Å². The summed E-state index contributed by atoms with van der Waals surface area (Å²) in [5.74, 6) is 1.15. The van der Waals surface area contributed by atoms with Crippen molar-refractivity contribution >= 4 is 0 Å². The van der Waals surface area contributed by atoms with Crippen LogP contribution in [0.5, 0.6) is 0 Å². The first-order valence-electron chi connectivity index (χ1n) is 8.65. The van der Waals surface area contributed by atoms with E-state index in [2.05, 4.69) is 39.5 Å². The molecule has 0 atom stereocenters. The average Bonchev–Trinajstić information content (AvgIpc) is 3.32. The fourth-order valence-electron chi connectivity index (χ4n) is 3.36. The van der Waals surface area contributed by atoms with Crippen molar-refractivity contribution in [1.29, 1.82) is 0 Å². The van der Waals surface area contributed by atoms with Gasteiger partial charge in [0.1, 0.15) is 0 Å². The van der Waals surface area contributed by atoms with E-state index < -0.39 is 5.54 Å². The van der Waals surface area contributed by atoms with Gasteiger partial charge in [-0.05, 0) is 38.8 Å². The molecule has 1 aliphatic carbocycles. The van der Waals surface area contributed by atoms with Gasteiger partial charge >= 0.3 is 0 Å². The van der Waals surface area contributed by atoms with Crippen LogP contribution >= 0.6 is 0 Å². The van der Waals surface area contributed by atoms with Gasteiger partial charge in [0, 0.05) is 0 Å². The van der Waals surface area contributed by atoms with E-state index in [0.717, 1.165) is 42.8 Å². The van der Waals surface area contributed by atoms with Crippen molar-refractivity contribution < 1.29 is 4.52 Å². The molecule has 1 aliphatic rings. The maximum Gasteiger partial charge on any atom is 0.232 e. The molecule has 25 heavy (non-hydrogen) atoms. The molecule has 1 aromatic carbocycles. The van der Waals surface area contributed by atoms with Crippen molar-refractivity contribution in [1.82, 2.24) is 25.1 Å². The summed E-state index contributed by atoms with van der Waals surface area (Å²) in [6, 6.07) is 8.18. The third kappa shape index (κ3) is 2.95. The standard InChI is InChI=1S/C18H22N6O/c1-12-5-7-14(8-6-12)24-13(2)15(21-23-24)11-16-20-17(22-25-16)18(19)9-3-4-10-18/h5-8H,3-4,9-11,19H2,1-2H3. The minimum Gasteiger partial charge on any atom is -0.339 e. The highest BCUT2D eigenvalue weighted by Gasteiger charge is 2.36. The second-order valence-electron chi connectivity index (χ2n) is 6.92. The number of nitrogens with zero attached hydrogens (tertiary/aromatic N) is 5. The van der Waals surface area contributed by atoms with E-state index in [1.165, 1.54) is 5.56 Å². The van der Waals surface area contributed by atoms with Crippen LogP contribution in [-0.2, 0) is 12.0 Å². The van der Waals surface area contributed by atoms with Crippen molar-refractivity contribution in [2.24, 2.45) is 5.73 Å². The molecule has 1 saturated carbocycles. The minimum absolute atomic E-state index is 0.434. The van der Waals surface area contributed by atoms with Crippen LogP contribution in [0, 0.1) is 13.8 Å². The van der Waals surface area contributed by atoms with Crippen LogP contribution in [-0.4, -0.2) is 25.1 Å². The lowest BCUT2D eigenvalue weighted by Crippen LogP contribution is -2.34. The first kappa shape index (κ1) is 16.0. The highest BCUT2D eigenvalue weighted by atomic mass is 16.5. The van der Waals surface area contributed by atoms with Crippen molar-refractivity contribution in [3.8, 4) is 5.69 Å². The normalized spacial score (nSPS) is 16.4. The van der Waals surface area contributed by atoms with E-state index in [0.29, 0.717) is 18.1 Å². The van der Waals surface area contributed by atoms with Crippen LogP contribution in [0.2, 0.25) is 0 Å². The molecule has 0 saturated heterocycles. The number of benzene rings is 1. The molecule has 0 radical (unpaired) electrons. The Balaban J connectivity index is 1.56. The zero-order valence-electron chi connectivity index (χ0n) is 14.6. The second kappa shape index (κ2) is 6.07. The largest absolute Gasteiger partial charge is 0.339 e. The molecule has 3 aromatic rings. The molecule has 2 N–H and O–H groups in total. The third-order valence-electron chi connectivity index (χ3n) is 5.00. The zero-order valence-corrected chi connectivity index (χ0v) is 14.6. The van der Waals surface area contributed by atoms with Crippen LogP contribution in [0.25, 0.3) is 5.69 Å². The van der Waals surface area contributed by atoms with Gasteiger partial charge in [0.25, 0.3) is 0 Å². The van der Waals surface area contributed by atoms with Crippen LogP contribution in [0.4, 0.5) is 0 Å². The average molecular weight is 338 g/mol. The summed E-state index contributed by atoms with van der Waals surface area (Å²) in [7, 11) is 0. The minimum atomic E-state index is -0.434. The summed E-state index contributed by atoms with van der Waals surface area (Å²) in [5.41, 5.74) is 9.95. The van der Waals surface area contributed by atoms with E-state index >= 15 is 0 Å². The molecule has 0 aliphatic heterocycles. The van der Waals surface area contributed by atoms with Crippen LogP contribution in [0.3, 0.4) is 0 Å². The summed E-state index contributed by atoms with van der Waals surface area (Å²) in [5, 5.41) is 12.7. The van der Waals surface area contributed by atoms with E-state index in [1.54, 1.807) is 0 Å². The lowest BCUT2D eigenvalue weighted by molar-refractivity contribution is 0.351. The monoisotopic (exact) mass is 338 g/mol. The van der Waals surface area contributed by atoms with Gasteiger partial charge in [-0.2, -0.15) is 4.98 Å². The SMILES string of the molecule is Cc1ccc(-n2nnc(Cc3nc(C4(N)CCCC4)no3)c2C)cc1. The molecule has 0 bridgehead atoms. The molecule has 0 unspecified atom stereocenters. The predicted octanol–water partition coefficient (Wildman–Crippen LogP) is 2.59. The Morgan fingerprint density at radius 3 is 2.60 bits per heavy atom. The highest BCUT2D eigenvalue weighted by molar-refractivity contribution is 5.35. The molecular weight excluding hydrogens is 316 g/mol.